The molecule has 0 aromatic heterocycles. The number of allylic oxidation sites excluding steroid dienone is 2. The van der Waals surface area contributed by atoms with Gasteiger partial charge in [0.2, 0.25) is 0 Å². The van der Waals surface area contributed by atoms with Crippen molar-refractivity contribution in [3.05, 3.63) is 12.2 Å². The molecule has 0 unspecified atom stereocenters. The summed E-state index contributed by atoms with van der Waals surface area (Å²) in [5, 5.41) is 3.81. The molecule has 0 aliphatic rings. The molecule has 0 saturated heterocycles. The van der Waals surface area contributed by atoms with Crippen LogP contribution in [0.1, 0.15) is 6.92 Å². The lowest BCUT2D eigenvalue weighted by atomic mass is 10.6. The largest absolute Gasteiger partial charge is 0.375 e. The summed E-state index contributed by atoms with van der Waals surface area (Å²) < 4.78 is 0. The summed E-state index contributed by atoms with van der Waals surface area (Å²) in [5.41, 5.74) is 7.46. The van der Waals surface area contributed by atoms with Crippen molar-refractivity contribution in [2.45, 2.75) is 6.92 Å². The number of nitrogens with one attached hydrogen (secondary N) is 1. The summed E-state index contributed by atoms with van der Waals surface area (Å²) >= 11 is 4.47. The van der Waals surface area contributed by atoms with Gasteiger partial charge in [-0.15, -0.1) is 0 Å². The minimum Gasteiger partial charge on any atom is -0.375 e. The number of nitrogens with two attached hydrogens (primary N) is 1. The normalized spacial score (nSPS) is 10.8. The SMILES string of the molecule is C/C=C/C=NNC(N)=S. The van der Waals surface area contributed by atoms with Gasteiger partial charge in [-0.25, -0.2) is 0 Å². The summed E-state index contributed by atoms with van der Waals surface area (Å²) in [6.07, 6.45) is 5.19. The Hall–Kier alpha value is -0.900. The number of hydrogen-bond acceptors (Lipinski definition) is 2. The lowest BCUT2D eigenvalue weighted by molar-refractivity contribution is 1.04. The van der Waals surface area contributed by atoms with Crippen molar-refractivity contribution in [3.8, 4) is 0 Å². The highest BCUT2D eigenvalue weighted by Crippen LogP contribution is 1.63. The fourth-order valence-corrected chi connectivity index (χ4v) is 0.283. The van der Waals surface area contributed by atoms with E-state index < -0.39 is 0 Å². The van der Waals surface area contributed by atoms with Crippen LogP contribution in [0.15, 0.2) is 17.3 Å². The molecule has 0 heterocycles. The first-order valence-electron chi connectivity index (χ1n) is 2.47. The molecule has 3 nitrogen and oxygen atoms in total. The molecule has 0 aromatic carbocycles. The van der Waals surface area contributed by atoms with Crippen LogP contribution in [0, 0.1) is 0 Å². The van der Waals surface area contributed by atoms with Gasteiger partial charge >= 0.3 is 0 Å². The fourth-order valence-electron chi connectivity index (χ4n) is 0.230. The Kier molecular flexibility index (Phi) is 4.72. The van der Waals surface area contributed by atoms with Crippen LogP contribution in [0.25, 0.3) is 0 Å². The Morgan fingerprint density at radius 3 is 2.89 bits per heavy atom. The van der Waals surface area contributed by atoms with Gasteiger partial charge in [-0.2, -0.15) is 5.10 Å². The summed E-state index contributed by atoms with van der Waals surface area (Å²) in [7, 11) is 0. The molecule has 3 N–H and O–H groups in total. The maximum atomic E-state index is 5.06. The lowest BCUT2D eigenvalue weighted by Crippen LogP contribution is -2.23. The second-order valence-electron chi connectivity index (χ2n) is 1.28. The lowest BCUT2D eigenvalue weighted by Gasteiger charge is -1.89. The highest BCUT2D eigenvalue weighted by Gasteiger charge is 1.73. The van der Waals surface area contributed by atoms with E-state index in [0.717, 1.165) is 0 Å². The van der Waals surface area contributed by atoms with E-state index in [2.05, 4.69) is 22.7 Å². The van der Waals surface area contributed by atoms with Gasteiger partial charge in [0.25, 0.3) is 0 Å². The zero-order valence-electron chi connectivity index (χ0n) is 5.16. The summed E-state index contributed by atoms with van der Waals surface area (Å²) in [6, 6.07) is 0. The van der Waals surface area contributed by atoms with Crippen LogP contribution in [0.3, 0.4) is 0 Å². The van der Waals surface area contributed by atoms with Crippen molar-refractivity contribution >= 4 is 23.5 Å². The van der Waals surface area contributed by atoms with Crippen LogP contribution in [0.5, 0.6) is 0 Å². The number of thiocarbonyl (C=S) groups is 1. The minimum absolute atomic E-state index is 0.177. The Bertz CT molecular complexity index is 139. The van der Waals surface area contributed by atoms with Gasteiger partial charge in [0, 0.05) is 6.21 Å². The van der Waals surface area contributed by atoms with Gasteiger partial charge in [-0.05, 0) is 25.2 Å². The second kappa shape index (κ2) is 5.24. The van der Waals surface area contributed by atoms with E-state index in [1.807, 2.05) is 13.0 Å². The molecule has 0 spiro atoms. The number of hydrogen-bond donors (Lipinski definition) is 2. The molecule has 0 bridgehead atoms. The van der Waals surface area contributed by atoms with Gasteiger partial charge in [0.05, 0.1) is 0 Å². The van der Waals surface area contributed by atoms with Gasteiger partial charge in [-0.1, -0.05) is 6.08 Å². The molecule has 0 rings (SSSR count). The maximum Gasteiger partial charge on any atom is 0.184 e. The van der Waals surface area contributed by atoms with Crippen molar-refractivity contribution in [1.82, 2.24) is 5.43 Å². The predicted molar refractivity (Wildman–Crippen MR) is 43.2 cm³/mol. The van der Waals surface area contributed by atoms with Gasteiger partial charge in [0.1, 0.15) is 0 Å². The van der Waals surface area contributed by atoms with Crippen LogP contribution < -0.4 is 11.2 Å². The molecular weight excluding hydrogens is 134 g/mol. The topological polar surface area (TPSA) is 50.4 Å². The smallest absolute Gasteiger partial charge is 0.184 e. The van der Waals surface area contributed by atoms with E-state index in [1.54, 1.807) is 12.3 Å². The highest BCUT2D eigenvalue weighted by atomic mass is 32.1. The Morgan fingerprint density at radius 1 is 1.78 bits per heavy atom. The van der Waals surface area contributed by atoms with Crippen molar-refractivity contribution in [2.24, 2.45) is 10.8 Å². The molecule has 0 aliphatic carbocycles. The minimum atomic E-state index is 0.177. The molecule has 0 saturated carbocycles. The van der Waals surface area contributed by atoms with E-state index >= 15 is 0 Å². The van der Waals surface area contributed by atoms with Gasteiger partial charge < -0.3 is 5.73 Å². The average Bonchev–Trinajstić information content (AvgIpc) is 1.80. The van der Waals surface area contributed by atoms with Crippen LogP contribution in [-0.2, 0) is 0 Å². The molecule has 0 aromatic rings. The Morgan fingerprint density at radius 2 is 2.44 bits per heavy atom. The quantitative estimate of drug-likeness (QED) is 0.334. The third kappa shape index (κ3) is 7.10. The first-order valence-corrected chi connectivity index (χ1v) is 2.88. The highest BCUT2D eigenvalue weighted by molar-refractivity contribution is 7.80. The molecule has 4 heteroatoms. The summed E-state index contributed by atoms with van der Waals surface area (Å²) in [5.74, 6) is 0. The first-order chi connectivity index (χ1) is 4.27. The first kappa shape index (κ1) is 8.10. The summed E-state index contributed by atoms with van der Waals surface area (Å²) in [6.45, 7) is 1.90. The van der Waals surface area contributed by atoms with Crippen molar-refractivity contribution in [2.75, 3.05) is 0 Å². The van der Waals surface area contributed by atoms with Crippen LogP contribution >= 0.6 is 12.2 Å². The molecular formula is C5H9N3S. The van der Waals surface area contributed by atoms with Crippen molar-refractivity contribution < 1.29 is 0 Å². The van der Waals surface area contributed by atoms with Gasteiger partial charge in [-0.3, -0.25) is 5.43 Å². The number of hydrazone groups is 1. The standard InChI is InChI=1S/C5H9N3S/c1-2-3-4-7-8-5(6)9/h2-4H,1H3,(H3,6,8,9)/b3-2+,7-4?. The summed E-state index contributed by atoms with van der Waals surface area (Å²) in [4.78, 5) is 0. The maximum absolute atomic E-state index is 5.06. The molecule has 0 fully saturated rings. The average molecular weight is 143 g/mol. The van der Waals surface area contributed by atoms with Crippen LogP contribution in [0.4, 0.5) is 0 Å². The molecule has 0 radical (unpaired) electrons. The van der Waals surface area contributed by atoms with Crippen molar-refractivity contribution in [1.29, 1.82) is 0 Å². The van der Waals surface area contributed by atoms with Crippen LogP contribution in [-0.4, -0.2) is 11.3 Å². The van der Waals surface area contributed by atoms with Crippen LogP contribution in [0.2, 0.25) is 0 Å². The van der Waals surface area contributed by atoms with Crippen molar-refractivity contribution in [3.63, 3.8) is 0 Å². The zero-order valence-corrected chi connectivity index (χ0v) is 5.98. The van der Waals surface area contributed by atoms with Gasteiger partial charge in [0.15, 0.2) is 5.11 Å². The molecule has 0 amide bonds. The third-order valence-corrected chi connectivity index (χ3v) is 0.619. The Balaban J connectivity index is 3.36. The zero-order chi connectivity index (χ0) is 7.11. The van der Waals surface area contributed by atoms with E-state index in [9.17, 15) is 0 Å². The van der Waals surface area contributed by atoms with E-state index in [-0.39, 0.29) is 5.11 Å². The Labute approximate surface area is 59.6 Å². The molecule has 9 heavy (non-hydrogen) atoms. The molecule has 50 valence electrons. The second-order valence-corrected chi connectivity index (χ2v) is 1.72. The monoisotopic (exact) mass is 143 g/mol. The van der Waals surface area contributed by atoms with E-state index in [1.165, 1.54) is 0 Å². The molecule has 0 atom stereocenters. The third-order valence-electron chi connectivity index (χ3n) is 0.528. The predicted octanol–water partition coefficient (Wildman–Crippen LogP) is 0.382. The van der Waals surface area contributed by atoms with E-state index in [4.69, 9.17) is 5.73 Å². The number of rotatable bonds is 2. The fraction of sp³-hybridized carbons (Fsp3) is 0.200. The number of nitrogens with zero attached hydrogens (tertiary/aromatic N) is 1. The molecule has 0 aliphatic heterocycles. The van der Waals surface area contributed by atoms with E-state index in [0.29, 0.717) is 0 Å².